The molecule has 3 atom stereocenters. The van der Waals surface area contributed by atoms with Crippen molar-refractivity contribution in [2.75, 3.05) is 0 Å². The first-order valence-electron chi connectivity index (χ1n) is 10.8. The summed E-state index contributed by atoms with van der Waals surface area (Å²) in [6, 6.07) is 19.0. The van der Waals surface area contributed by atoms with E-state index in [4.69, 9.17) is 11.6 Å². The van der Waals surface area contributed by atoms with Gasteiger partial charge in [-0.3, -0.25) is 0 Å². The first-order valence-corrected chi connectivity index (χ1v) is 10.8. The van der Waals surface area contributed by atoms with Gasteiger partial charge in [0.25, 0.3) is 0 Å². The van der Waals surface area contributed by atoms with Gasteiger partial charge in [0.2, 0.25) is 5.70 Å². The Labute approximate surface area is 183 Å². The number of hydrogen-bond donors (Lipinski definition) is 0. The number of carbonyl (C=O) groups excluding carboxylic acids is 1. The predicted molar refractivity (Wildman–Crippen MR) is 122 cm³/mol. The van der Waals surface area contributed by atoms with Crippen molar-refractivity contribution in [3.63, 3.8) is 0 Å². The van der Waals surface area contributed by atoms with Crippen LogP contribution in [0.3, 0.4) is 0 Å². The van der Waals surface area contributed by atoms with E-state index in [1.54, 1.807) is 0 Å². The molecular weight excluding hydrogens is 382 g/mol. The summed E-state index contributed by atoms with van der Waals surface area (Å²) in [5.74, 6) is 0.947. The predicted octanol–water partition coefficient (Wildman–Crippen LogP) is 5.69. The van der Waals surface area contributed by atoms with Crippen LogP contribution in [0.5, 0.6) is 0 Å². The molecular formula is C27H25N3O. The molecule has 0 fully saturated rings. The Morgan fingerprint density at radius 3 is 2.61 bits per heavy atom. The van der Waals surface area contributed by atoms with Gasteiger partial charge in [-0.05, 0) is 48.9 Å². The van der Waals surface area contributed by atoms with Crippen LogP contribution in [0.25, 0.3) is 21.7 Å². The standard InChI is InChI=1S/C27H25N3O/c1-17-22-13-14-24-26(27(22,3)16-23(28-4)25(17)31)29-18(2)30(24)21-12-8-11-20(15-21)19-9-6-5-7-10-19/h5-12,15-17,22H,13-14H2,1-3H3/t17-,22-,27-/m0/s1. The quantitative estimate of drug-likeness (QED) is 0.512. The molecule has 0 saturated heterocycles. The second kappa shape index (κ2) is 7.06. The third kappa shape index (κ3) is 2.88. The molecule has 0 aliphatic heterocycles. The summed E-state index contributed by atoms with van der Waals surface area (Å²) in [4.78, 5) is 21.2. The van der Waals surface area contributed by atoms with Gasteiger partial charge in [-0.2, -0.15) is 0 Å². The SMILES string of the molecule is [C-]#[N+]C1=C[C@]2(C)c3nc(C)n(-c4cccc(-c5ccccc5)c4)c3CC[C@H]2[C@H](C)C1=O. The van der Waals surface area contributed by atoms with E-state index in [9.17, 15) is 4.79 Å². The lowest BCUT2D eigenvalue weighted by Gasteiger charge is -2.44. The summed E-state index contributed by atoms with van der Waals surface area (Å²) >= 11 is 0. The molecule has 1 heterocycles. The Morgan fingerprint density at radius 1 is 1.13 bits per heavy atom. The summed E-state index contributed by atoms with van der Waals surface area (Å²) < 4.78 is 2.26. The van der Waals surface area contributed by atoms with Crippen molar-refractivity contribution >= 4 is 5.78 Å². The number of ketones is 1. The number of aryl methyl sites for hydroxylation is 1. The van der Waals surface area contributed by atoms with E-state index < -0.39 is 5.41 Å². The first-order chi connectivity index (χ1) is 14.9. The summed E-state index contributed by atoms with van der Waals surface area (Å²) in [6.45, 7) is 13.7. The average Bonchev–Trinajstić information content (AvgIpc) is 3.14. The molecule has 0 radical (unpaired) electrons. The molecule has 1 aromatic heterocycles. The van der Waals surface area contributed by atoms with E-state index >= 15 is 0 Å². The number of benzene rings is 2. The molecule has 2 aliphatic rings. The van der Waals surface area contributed by atoms with Crippen molar-refractivity contribution in [1.29, 1.82) is 0 Å². The van der Waals surface area contributed by atoms with Crippen LogP contribution in [-0.4, -0.2) is 15.3 Å². The van der Waals surface area contributed by atoms with Gasteiger partial charge in [0, 0.05) is 22.7 Å². The molecule has 2 aromatic carbocycles. The van der Waals surface area contributed by atoms with Crippen LogP contribution in [0, 0.1) is 25.3 Å². The molecule has 4 nitrogen and oxygen atoms in total. The Morgan fingerprint density at radius 2 is 1.87 bits per heavy atom. The number of Topliss-reactive ketones (excluding diaryl/α,β-unsaturated/α-hetero) is 1. The van der Waals surface area contributed by atoms with Crippen LogP contribution >= 0.6 is 0 Å². The lowest BCUT2D eigenvalue weighted by atomic mass is 9.59. The highest BCUT2D eigenvalue weighted by molar-refractivity contribution is 6.00. The highest BCUT2D eigenvalue weighted by atomic mass is 16.1. The van der Waals surface area contributed by atoms with E-state index in [2.05, 4.69) is 64.9 Å². The third-order valence-corrected chi connectivity index (χ3v) is 7.15. The number of allylic oxidation sites excluding steroid dienone is 2. The van der Waals surface area contributed by atoms with Crippen LogP contribution in [0.1, 0.15) is 37.5 Å². The Bertz CT molecular complexity index is 1260. The first kappa shape index (κ1) is 19.5. The average molecular weight is 408 g/mol. The number of imidazole rings is 1. The lowest BCUT2D eigenvalue weighted by molar-refractivity contribution is -0.121. The zero-order chi connectivity index (χ0) is 21.8. The zero-order valence-electron chi connectivity index (χ0n) is 18.1. The number of nitrogens with zero attached hydrogens (tertiary/aromatic N) is 3. The van der Waals surface area contributed by atoms with Crippen molar-refractivity contribution in [3.8, 4) is 16.8 Å². The van der Waals surface area contributed by atoms with Gasteiger partial charge in [0.05, 0.1) is 12.3 Å². The fraction of sp³-hybridized carbons (Fsp3) is 0.296. The number of rotatable bonds is 2. The largest absolute Gasteiger partial charge is 0.308 e. The summed E-state index contributed by atoms with van der Waals surface area (Å²) in [6.07, 6.45) is 3.69. The topological polar surface area (TPSA) is 39.2 Å². The minimum Gasteiger partial charge on any atom is -0.308 e. The minimum atomic E-state index is -0.395. The fourth-order valence-corrected chi connectivity index (χ4v) is 5.61. The summed E-state index contributed by atoms with van der Waals surface area (Å²) in [5, 5.41) is 0. The zero-order valence-corrected chi connectivity index (χ0v) is 18.1. The van der Waals surface area contributed by atoms with Crippen LogP contribution in [0.2, 0.25) is 0 Å². The van der Waals surface area contributed by atoms with Crippen LogP contribution < -0.4 is 0 Å². The maximum atomic E-state index is 12.6. The second-order valence-corrected chi connectivity index (χ2v) is 8.93. The van der Waals surface area contributed by atoms with Gasteiger partial charge in [0.1, 0.15) is 5.82 Å². The number of fused-ring (bicyclic) bond motifs is 3. The molecule has 5 rings (SSSR count). The molecule has 0 spiro atoms. The van der Waals surface area contributed by atoms with Gasteiger partial charge in [-0.15, -0.1) is 0 Å². The lowest BCUT2D eigenvalue weighted by Crippen LogP contribution is -2.45. The molecule has 2 aliphatic carbocycles. The molecule has 0 amide bonds. The summed E-state index contributed by atoms with van der Waals surface area (Å²) in [5.41, 5.74) is 5.55. The molecule has 0 bridgehead atoms. The second-order valence-electron chi connectivity index (χ2n) is 8.93. The number of aromatic nitrogens is 2. The van der Waals surface area contributed by atoms with Gasteiger partial charge < -0.3 is 9.36 Å². The van der Waals surface area contributed by atoms with Gasteiger partial charge >= 0.3 is 0 Å². The van der Waals surface area contributed by atoms with Gasteiger partial charge in [-0.25, -0.2) is 9.83 Å². The molecule has 0 unspecified atom stereocenters. The van der Waals surface area contributed by atoms with E-state index in [0.717, 1.165) is 30.0 Å². The molecule has 0 saturated carbocycles. The van der Waals surface area contributed by atoms with Gasteiger partial charge in [-0.1, -0.05) is 62.4 Å². The molecule has 31 heavy (non-hydrogen) atoms. The Hall–Kier alpha value is -3.45. The molecule has 4 heteroatoms. The molecule has 0 N–H and O–H groups in total. The van der Waals surface area contributed by atoms with Crippen molar-refractivity contribution in [2.24, 2.45) is 11.8 Å². The molecule has 3 aromatic rings. The maximum Gasteiger partial charge on any atom is 0.226 e. The third-order valence-electron chi connectivity index (χ3n) is 7.15. The van der Waals surface area contributed by atoms with Crippen LogP contribution in [0.4, 0.5) is 0 Å². The van der Waals surface area contributed by atoms with E-state index in [1.807, 2.05) is 26.0 Å². The minimum absolute atomic E-state index is 0.0207. The number of carbonyl (C=O) groups is 1. The monoisotopic (exact) mass is 407 g/mol. The van der Waals surface area contributed by atoms with Crippen molar-refractivity contribution < 1.29 is 4.79 Å². The smallest absolute Gasteiger partial charge is 0.226 e. The number of hydrogen-bond acceptors (Lipinski definition) is 2. The van der Waals surface area contributed by atoms with Gasteiger partial charge in [0.15, 0.2) is 5.78 Å². The highest BCUT2D eigenvalue weighted by Crippen LogP contribution is 2.50. The van der Waals surface area contributed by atoms with Crippen molar-refractivity contribution in [2.45, 2.75) is 39.0 Å². The van der Waals surface area contributed by atoms with E-state index in [-0.39, 0.29) is 23.3 Å². The Balaban J connectivity index is 1.66. The maximum absolute atomic E-state index is 12.6. The summed E-state index contributed by atoms with van der Waals surface area (Å²) in [7, 11) is 0. The van der Waals surface area contributed by atoms with Crippen LogP contribution in [-0.2, 0) is 16.6 Å². The van der Waals surface area contributed by atoms with Crippen LogP contribution in [0.15, 0.2) is 66.4 Å². The van der Waals surface area contributed by atoms with E-state index in [0.29, 0.717) is 0 Å². The van der Waals surface area contributed by atoms with Crippen molar-refractivity contribution in [1.82, 2.24) is 9.55 Å². The normalized spacial score (nSPS) is 24.7. The Kier molecular flexibility index (Phi) is 4.44. The highest BCUT2D eigenvalue weighted by Gasteiger charge is 2.49. The van der Waals surface area contributed by atoms with Crippen molar-refractivity contribution in [3.05, 3.63) is 95.0 Å². The molecule has 154 valence electrons. The fourth-order valence-electron chi connectivity index (χ4n) is 5.61. The van der Waals surface area contributed by atoms with E-state index in [1.165, 1.54) is 16.8 Å².